The van der Waals surface area contributed by atoms with Crippen LogP contribution in [0, 0.1) is 29.1 Å². The fourth-order valence-corrected chi connectivity index (χ4v) is 2.16. The Bertz CT molecular complexity index is 797. The van der Waals surface area contributed by atoms with Crippen LogP contribution in [-0.4, -0.2) is 17.0 Å². The van der Waals surface area contributed by atoms with Gasteiger partial charge in [0.15, 0.2) is 23.3 Å². The smallest absolute Gasteiger partial charge is 0.311 e. The molecule has 2 aromatic carbocycles. The van der Waals surface area contributed by atoms with Crippen LogP contribution in [0.25, 0.3) is 0 Å². The summed E-state index contributed by atoms with van der Waals surface area (Å²) >= 11 is 0. The quantitative estimate of drug-likeness (QED) is 0.487. The van der Waals surface area contributed by atoms with Crippen molar-refractivity contribution in [3.63, 3.8) is 0 Å². The number of rotatable bonds is 5. The lowest BCUT2D eigenvalue weighted by atomic mass is 9.93. The molecule has 2 N–H and O–H groups in total. The van der Waals surface area contributed by atoms with Crippen molar-refractivity contribution in [1.82, 2.24) is 0 Å². The van der Waals surface area contributed by atoms with E-state index in [0.29, 0.717) is 0 Å². The highest BCUT2D eigenvalue weighted by Gasteiger charge is 2.35. The van der Waals surface area contributed by atoms with E-state index in [-0.39, 0.29) is 5.69 Å². The van der Waals surface area contributed by atoms with Crippen molar-refractivity contribution in [3.05, 3.63) is 65.0 Å². The Morgan fingerprint density at radius 3 is 1.84 bits per heavy atom. The highest BCUT2D eigenvalue weighted by Crippen LogP contribution is 2.31. The van der Waals surface area contributed by atoms with Crippen LogP contribution < -0.4 is 5.32 Å². The Kier molecular flexibility index (Phi) is 5.35. The molecule has 2 rings (SSSR count). The van der Waals surface area contributed by atoms with Gasteiger partial charge in [0.2, 0.25) is 11.7 Å². The summed E-state index contributed by atoms with van der Waals surface area (Å²) in [5, 5.41) is 11.4. The number of hydrogen-bond acceptors (Lipinski definition) is 2. The Hall–Kier alpha value is -2.97. The molecular formula is C16H10F5NO3. The largest absolute Gasteiger partial charge is 0.481 e. The predicted molar refractivity (Wildman–Crippen MR) is 76.3 cm³/mol. The van der Waals surface area contributed by atoms with E-state index < -0.39 is 58.9 Å². The first-order valence-corrected chi connectivity index (χ1v) is 6.83. The highest BCUT2D eigenvalue weighted by molar-refractivity contribution is 5.94. The zero-order valence-electron chi connectivity index (χ0n) is 12.3. The van der Waals surface area contributed by atoms with Crippen molar-refractivity contribution in [3.8, 4) is 0 Å². The van der Waals surface area contributed by atoms with Gasteiger partial charge in [0, 0.05) is 17.7 Å². The van der Waals surface area contributed by atoms with Crippen LogP contribution >= 0.6 is 0 Å². The number of halogens is 5. The molecule has 0 aliphatic carbocycles. The number of carbonyl (C=O) groups is 2. The zero-order valence-corrected chi connectivity index (χ0v) is 12.3. The Balaban J connectivity index is 2.37. The second kappa shape index (κ2) is 7.29. The number of carboxylic acids is 1. The summed E-state index contributed by atoms with van der Waals surface area (Å²) in [5.41, 5.74) is -1.29. The van der Waals surface area contributed by atoms with Gasteiger partial charge < -0.3 is 10.4 Å². The lowest BCUT2D eigenvalue weighted by Gasteiger charge is -2.15. The minimum Gasteiger partial charge on any atom is -0.481 e. The summed E-state index contributed by atoms with van der Waals surface area (Å²) in [6, 6.07) is 7.70. The van der Waals surface area contributed by atoms with Gasteiger partial charge in [0.05, 0.1) is 5.92 Å². The maximum absolute atomic E-state index is 13.8. The third-order valence-corrected chi connectivity index (χ3v) is 3.34. The maximum Gasteiger partial charge on any atom is 0.311 e. The number of benzene rings is 2. The van der Waals surface area contributed by atoms with E-state index in [2.05, 4.69) is 5.32 Å². The van der Waals surface area contributed by atoms with E-state index in [0.717, 1.165) is 0 Å². The molecule has 0 saturated carbocycles. The topological polar surface area (TPSA) is 66.4 Å². The summed E-state index contributed by atoms with van der Waals surface area (Å²) in [5.74, 6) is -16.7. The summed E-state index contributed by atoms with van der Waals surface area (Å²) in [4.78, 5) is 23.1. The number of hydrogen-bond donors (Lipinski definition) is 2. The van der Waals surface area contributed by atoms with Gasteiger partial charge in [-0.15, -0.1) is 0 Å². The molecule has 2 aromatic rings. The van der Waals surface area contributed by atoms with Gasteiger partial charge in [0.25, 0.3) is 0 Å². The number of anilines is 1. The third-order valence-electron chi connectivity index (χ3n) is 3.34. The predicted octanol–water partition coefficient (Wildman–Crippen LogP) is 3.58. The molecule has 132 valence electrons. The molecule has 0 fully saturated rings. The van der Waals surface area contributed by atoms with Gasteiger partial charge in [0.1, 0.15) is 0 Å². The molecule has 0 heterocycles. The van der Waals surface area contributed by atoms with Crippen LogP contribution in [-0.2, 0) is 9.59 Å². The molecule has 1 unspecified atom stereocenters. The van der Waals surface area contributed by atoms with Crippen molar-refractivity contribution in [2.45, 2.75) is 12.3 Å². The number of aliphatic carboxylic acids is 1. The van der Waals surface area contributed by atoms with Crippen molar-refractivity contribution in [2.24, 2.45) is 0 Å². The van der Waals surface area contributed by atoms with Gasteiger partial charge in [-0.1, -0.05) is 18.2 Å². The lowest BCUT2D eigenvalue weighted by Crippen LogP contribution is -2.24. The molecule has 0 aliphatic heterocycles. The van der Waals surface area contributed by atoms with Crippen molar-refractivity contribution in [2.75, 3.05) is 5.32 Å². The number of para-hydroxylation sites is 1. The fourth-order valence-electron chi connectivity index (χ4n) is 2.16. The molecule has 1 amide bonds. The van der Waals surface area contributed by atoms with E-state index in [1.165, 1.54) is 12.1 Å². The van der Waals surface area contributed by atoms with Crippen LogP contribution in [0.2, 0.25) is 0 Å². The SMILES string of the molecule is O=C(CC(C(=O)O)c1c(F)c(F)c(F)c(F)c1F)Nc1ccccc1. The van der Waals surface area contributed by atoms with Crippen molar-refractivity contribution < 1.29 is 36.6 Å². The van der Waals surface area contributed by atoms with E-state index in [1.807, 2.05) is 0 Å². The molecule has 0 saturated heterocycles. The maximum atomic E-state index is 13.8. The normalized spacial score (nSPS) is 11.9. The summed E-state index contributed by atoms with van der Waals surface area (Å²) in [6.07, 6.45) is -1.03. The fraction of sp³-hybridized carbons (Fsp3) is 0.125. The molecular weight excluding hydrogens is 349 g/mol. The minimum atomic E-state index is -2.41. The van der Waals surface area contributed by atoms with Crippen molar-refractivity contribution >= 4 is 17.6 Å². The molecule has 1 atom stereocenters. The van der Waals surface area contributed by atoms with E-state index in [1.54, 1.807) is 18.2 Å². The second-order valence-corrected chi connectivity index (χ2v) is 4.99. The number of amides is 1. The highest BCUT2D eigenvalue weighted by atomic mass is 19.2. The van der Waals surface area contributed by atoms with Crippen molar-refractivity contribution in [1.29, 1.82) is 0 Å². The van der Waals surface area contributed by atoms with E-state index in [4.69, 9.17) is 5.11 Å². The zero-order chi connectivity index (χ0) is 18.7. The van der Waals surface area contributed by atoms with Crippen LogP contribution in [0.3, 0.4) is 0 Å². The Labute approximate surface area is 137 Å². The Morgan fingerprint density at radius 2 is 1.36 bits per heavy atom. The molecule has 0 aliphatic rings. The second-order valence-electron chi connectivity index (χ2n) is 4.99. The van der Waals surface area contributed by atoms with E-state index in [9.17, 15) is 31.5 Å². The van der Waals surface area contributed by atoms with Gasteiger partial charge in [-0.25, -0.2) is 22.0 Å². The van der Waals surface area contributed by atoms with Gasteiger partial charge in [-0.2, -0.15) is 0 Å². The van der Waals surface area contributed by atoms with Crippen LogP contribution in [0.1, 0.15) is 17.9 Å². The Morgan fingerprint density at radius 1 is 0.880 bits per heavy atom. The van der Waals surface area contributed by atoms with Crippen LogP contribution in [0.15, 0.2) is 30.3 Å². The van der Waals surface area contributed by atoms with E-state index >= 15 is 0 Å². The first-order chi connectivity index (χ1) is 11.7. The summed E-state index contributed by atoms with van der Waals surface area (Å²) in [7, 11) is 0. The molecule has 25 heavy (non-hydrogen) atoms. The minimum absolute atomic E-state index is 0.272. The average Bonchev–Trinajstić information content (AvgIpc) is 2.58. The number of carboxylic acid groups (broad SMARTS) is 1. The standard InChI is InChI=1S/C16H10F5NO3/c17-11-10(12(18)14(20)15(21)13(11)19)8(16(24)25)6-9(23)22-7-4-2-1-3-5-7/h1-5,8H,6H2,(H,22,23)(H,24,25). The third kappa shape index (κ3) is 3.76. The molecule has 0 aromatic heterocycles. The van der Waals surface area contributed by atoms with Gasteiger partial charge in [-0.3, -0.25) is 9.59 Å². The molecule has 0 radical (unpaired) electrons. The molecule has 4 nitrogen and oxygen atoms in total. The molecule has 0 spiro atoms. The lowest BCUT2D eigenvalue weighted by molar-refractivity contribution is -0.140. The number of nitrogens with one attached hydrogen (secondary N) is 1. The number of carbonyl (C=O) groups excluding carboxylic acids is 1. The summed E-state index contributed by atoms with van der Waals surface area (Å²) < 4.78 is 67.1. The summed E-state index contributed by atoms with van der Waals surface area (Å²) in [6.45, 7) is 0. The molecule has 9 heteroatoms. The molecule has 0 bridgehead atoms. The van der Waals surface area contributed by atoms with Gasteiger partial charge >= 0.3 is 5.97 Å². The monoisotopic (exact) mass is 359 g/mol. The first-order valence-electron chi connectivity index (χ1n) is 6.83. The average molecular weight is 359 g/mol. The first kappa shape index (κ1) is 18.4. The van der Waals surface area contributed by atoms with Gasteiger partial charge in [-0.05, 0) is 12.1 Å². The van der Waals surface area contributed by atoms with Crippen LogP contribution in [0.5, 0.6) is 0 Å². The van der Waals surface area contributed by atoms with Crippen LogP contribution in [0.4, 0.5) is 27.6 Å².